The molecule has 14 nitrogen and oxygen atoms in total. The van der Waals surface area contributed by atoms with Gasteiger partial charge in [-0.1, -0.05) is 0 Å². The number of halogens is 1. The Bertz CT molecular complexity index is 2310. The number of fused-ring (bicyclic) bond motifs is 2. The average molecular weight is 820 g/mol. The molecule has 6 aliphatic rings. The number of aromatic amines is 1. The van der Waals surface area contributed by atoms with E-state index in [1.165, 1.54) is 4.90 Å². The molecule has 10 rings (SSSR count). The zero-order chi connectivity index (χ0) is 41.1. The first-order valence-electron chi connectivity index (χ1n) is 21.9. The molecular formula is C45H54FN9O5. The van der Waals surface area contributed by atoms with Gasteiger partial charge in [-0.15, -0.1) is 0 Å². The lowest BCUT2D eigenvalue weighted by atomic mass is 9.86. The van der Waals surface area contributed by atoms with Crippen LogP contribution in [0.25, 0.3) is 22.3 Å². The van der Waals surface area contributed by atoms with Crippen molar-refractivity contribution in [1.29, 1.82) is 0 Å². The first-order chi connectivity index (χ1) is 29.1. The van der Waals surface area contributed by atoms with E-state index in [-0.39, 0.29) is 48.7 Å². The van der Waals surface area contributed by atoms with Crippen LogP contribution in [0, 0.1) is 18.7 Å². The molecule has 0 spiro atoms. The molecule has 3 aromatic heterocycles. The van der Waals surface area contributed by atoms with Crippen LogP contribution >= 0.6 is 0 Å². The highest BCUT2D eigenvalue weighted by atomic mass is 19.1. The maximum Gasteiger partial charge on any atom is 0.255 e. The summed E-state index contributed by atoms with van der Waals surface area (Å²) in [5.74, 6) is 0.664. The smallest absolute Gasteiger partial charge is 0.255 e. The lowest BCUT2D eigenvalue weighted by Gasteiger charge is -2.40. The summed E-state index contributed by atoms with van der Waals surface area (Å²) in [6.45, 7) is 10.2. The Morgan fingerprint density at radius 3 is 2.38 bits per heavy atom. The molecule has 0 bridgehead atoms. The fraction of sp³-hybridized carbons (Fsp3) is 0.556. The number of nitrogens with zero attached hydrogens (tertiary/aromatic N) is 7. The summed E-state index contributed by atoms with van der Waals surface area (Å²) in [7, 11) is 0. The van der Waals surface area contributed by atoms with Crippen LogP contribution in [0.1, 0.15) is 92.7 Å². The maximum atomic E-state index is 16.0. The number of anilines is 2. The highest BCUT2D eigenvalue weighted by Crippen LogP contribution is 2.40. The Balaban J connectivity index is 0.675. The standard InChI is InChI=1S/C45H54FN9O5/c1-27-23-29(41-42-34(50-51-41)8-12-39(49-42)60-45(2)15-16-45)24-37(47-27)54-17-13-31(14-18-54)59-30-5-3-28(4-6-30)25-52-19-21-53(22-20-52)35-9-7-32-33(40(35)46)26-55(44(32)58)36-10-11-38(56)48-43(36)57/h7-9,12,23-24,28,30-31,36H,3-6,10-11,13-22,25-26H2,1-2H3,(H,50,51)(H,48,56,57)/t28-,30-,36?. The van der Waals surface area contributed by atoms with Crippen molar-refractivity contribution in [2.45, 2.75) is 108 Å². The molecule has 2 aliphatic carbocycles. The number of imide groups is 1. The van der Waals surface area contributed by atoms with E-state index in [9.17, 15) is 14.4 Å². The number of carbonyl (C=O) groups excluding carboxylic acids is 3. The van der Waals surface area contributed by atoms with E-state index in [0.717, 1.165) is 118 Å². The molecule has 1 aromatic carbocycles. The summed E-state index contributed by atoms with van der Waals surface area (Å²) in [6.07, 6.45) is 9.50. The minimum absolute atomic E-state index is 0.0397. The van der Waals surface area contributed by atoms with Gasteiger partial charge >= 0.3 is 0 Å². The number of benzene rings is 1. The second-order valence-corrected chi connectivity index (χ2v) is 18.1. The zero-order valence-corrected chi connectivity index (χ0v) is 34.6. The molecule has 3 amide bonds. The average Bonchev–Trinajstić information content (AvgIpc) is 3.65. The summed E-state index contributed by atoms with van der Waals surface area (Å²) >= 11 is 0. The number of aryl methyl sites for hydroxylation is 1. The minimum Gasteiger partial charge on any atom is -0.471 e. The lowest BCUT2D eigenvalue weighted by Crippen LogP contribution is -2.52. The third-order valence-corrected chi connectivity index (χ3v) is 13.7. The fourth-order valence-electron chi connectivity index (χ4n) is 9.94. The third-order valence-electron chi connectivity index (χ3n) is 13.7. The normalized spacial score (nSPS) is 24.9. The summed E-state index contributed by atoms with van der Waals surface area (Å²) in [5, 5.41) is 10.1. The molecule has 4 aliphatic heterocycles. The van der Waals surface area contributed by atoms with Gasteiger partial charge in [0.15, 0.2) is 5.82 Å². The molecule has 1 unspecified atom stereocenters. The SMILES string of the molecule is Cc1cc(-c2n[nH]c3ccc(OC4(C)CC4)nc23)cc(N2CCC(O[C@H]3CC[C@H](CN4CCN(c5ccc6c(c5F)CN(C5CCC(=O)NC5=O)C6=O)CC4)CC3)CC2)n1. The number of piperidine rings is 2. The molecule has 1 atom stereocenters. The Morgan fingerprint density at radius 1 is 0.867 bits per heavy atom. The van der Waals surface area contributed by atoms with Crippen molar-refractivity contribution in [3.63, 3.8) is 0 Å². The predicted octanol–water partition coefficient (Wildman–Crippen LogP) is 5.53. The molecule has 15 heteroatoms. The van der Waals surface area contributed by atoms with Gasteiger partial charge in [0.25, 0.3) is 5.91 Å². The second kappa shape index (κ2) is 15.7. The monoisotopic (exact) mass is 819 g/mol. The van der Waals surface area contributed by atoms with Crippen LogP contribution in [-0.2, 0) is 20.9 Å². The number of hydrogen-bond donors (Lipinski definition) is 2. The fourth-order valence-corrected chi connectivity index (χ4v) is 9.94. The van der Waals surface area contributed by atoms with Crippen molar-refractivity contribution in [3.8, 4) is 17.1 Å². The summed E-state index contributed by atoms with van der Waals surface area (Å²) < 4.78 is 28.8. The van der Waals surface area contributed by atoms with Gasteiger partial charge in [-0.3, -0.25) is 29.7 Å². The number of amides is 3. The minimum atomic E-state index is -0.758. The van der Waals surface area contributed by atoms with Crippen LogP contribution in [0.15, 0.2) is 36.4 Å². The first kappa shape index (κ1) is 39.0. The van der Waals surface area contributed by atoms with Crippen molar-refractivity contribution in [3.05, 3.63) is 59.0 Å². The van der Waals surface area contributed by atoms with E-state index in [1.54, 1.807) is 12.1 Å². The number of nitrogens with one attached hydrogen (secondary N) is 2. The predicted molar refractivity (Wildman–Crippen MR) is 223 cm³/mol. The molecule has 60 heavy (non-hydrogen) atoms. The van der Waals surface area contributed by atoms with Crippen molar-refractivity contribution in [1.82, 2.24) is 35.3 Å². The largest absolute Gasteiger partial charge is 0.471 e. The van der Waals surface area contributed by atoms with E-state index in [1.807, 2.05) is 19.1 Å². The number of aromatic nitrogens is 4. The number of carbonyl (C=O) groups is 3. The number of pyridine rings is 2. The Labute approximate surface area is 349 Å². The van der Waals surface area contributed by atoms with E-state index < -0.39 is 11.9 Å². The quantitative estimate of drug-likeness (QED) is 0.195. The van der Waals surface area contributed by atoms with Crippen LogP contribution < -0.4 is 19.9 Å². The van der Waals surface area contributed by atoms with Crippen LogP contribution in [-0.4, -0.2) is 117 Å². The van der Waals surface area contributed by atoms with E-state index in [2.05, 4.69) is 49.3 Å². The number of ether oxygens (including phenoxy) is 2. The van der Waals surface area contributed by atoms with Crippen molar-refractivity contribution in [2.75, 3.05) is 55.6 Å². The van der Waals surface area contributed by atoms with Gasteiger partial charge in [0.2, 0.25) is 17.7 Å². The Morgan fingerprint density at radius 2 is 1.63 bits per heavy atom. The Kier molecular flexibility index (Phi) is 10.2. The van der Waals surface area contributed by atoms with E-state index >= 15 is 4.39 Å². The number of piperazine rings is 1. The van der Waals surface area contributed by atoms with E-state index in [4.69, 9.17) is 19.4 Å². The summed E-state index contributed by atoms with van der Waals surface area (Å²) in [4.78, 5) is 55.4. The van der Waals surface area contributed by atoms with Crippen LogP contribution in [0.4, 0.5) is 15.9 Å². The van der Waals surface area contributed by atoms with Gasteiger partial charge in [0.05, 0.1) is 30.0 Å². The molecule has 2 saturated carbocycles. The van der Waals surface area contributed by atoms with Crippen molar-refractivity contribution in [2.24, 2.45) is 5.92 Å². The van der Waals surface area contributed by atoms with Crippen LogP contribution in [0.5, 0.6) is 5.88 Å². The Hall–Kier alpha value is -5.15. The number of H-pyrrole nitrogens is 1. The van der Waals surface area contributed by atoms with Gasteiger partial charge in [-0.05, 0) is 108 Å². The molecule has 2 N–H and O–H groups in total. The zero-order valence-electron chi connectivity index (χ0n) is 34.6. The topological polar surface area (TPSA) is 149 Å². The summed E-state index contributed by atoms with van der Waals surface area (Å²) in [5.41, 5.74) is 5.50. The summed E-state index contributed by atoms with van der Waals surface area (Å²) in [6, 6.07) is 10.8. The van der Waals surface area contributed by atoms with Crippen molar-refractivity contribution < 1.29 is 28.2 Å². The second-order valence-electron chi connectivity index (χ2n) is 18.1. The van der Waals surface area contributed by atoms with Gasteiger partial charge < -0.3 is 24.2 Å². The molecule has 4 aromatic rings. The maximum absolute atomic E-state index is 16.0. The van der Waals surface area contributed by atoms with Crippen LogP contribution in [0.3, 0.4) is 0 Å². The van der Waals surface area contributed by atoms with Crippen LogP contribution in [0.2, 0.25) is 0 Å². The third kappa shape index (κ3) is 7.81. The molecular weight excluding hydrogens is 766 g/mol. The lowest BCUT2D eigenvalue weighted by molar-refractivity contribution is -0.136. The van der Waals surface area contributed by atoms with Gasteiger partial charge in [-0.2, -0.15) is 5.10 Å². The first-order valence-corrected chi connectivity index (χ1v) is 21.9. The van der Waals surface area contributed by atoms with Crippen molar-refractivity contribution >= 4 is 40.3 Å². The molecule has 3 saturated heterocycles. The number of rotatable bonds is 10. The highest BCUT2D eigenvalue weighted by Gasteiger charge is 2.42. The number of hydrogen-bond acceptors (Lipinski definition) is 11. The van der Waals surface area contributed by atoms with Gasteiger partial charge in [0, 0.05) is 80.7 Å². The van der Waals surface area contributed by atoms with Gasteiger partial charge in [-0.25, -0.2) is 14.4 Å². The molecule has 5 fully saturated rings. The molecule has 0 radical (unpaired) electrons. The molecule has 316 valence electrons. The highest BCUT2D eigenvalue weighted by molar-refractivity contribution is 6.05. The van der Waals surface area contributed by atoms with E-state index in [0.29, 0.717) is 47.8 Å². The van der Waals surface area contributed by atoms with Gasteiger partial charge in [0.1, 0.15) is 28.7 Å². The molecule has 7 heterocycles.